The maximum atomic E-state index is 12.6. The summed E-state index contributed by atoms with van der Waals surface area (Å²) in [5.74, 6) is 0.484. The molecule has 0 aromatic heterocycles. The normalized spacial score (nSPS) is 22.7. The van der Waals surface area contributed by atoms with Gasteiger partial charge < -0.3 is 25.0 Å². The Labute approximate surface area is 147 Å². The third kappa shape index (κ3) is 4.22. The van der Waals surface area contributed by atoms with E-state index < -0.39 is 6.04 Å². The van der Waals surface area contributed by atoms with Gasteiger partial charge in [0.1, 0.15) is 11.8 Å². The molecule has 136 valence electrons. The molecule has 0 aliphatic carbocycles. The zero-order valence-electron chi connectivity index (χ0n) is 14.5. The number of nitrogens with zero attached hydrogens (tertiary/aromatic N) is 1. The minimum Gasteiger partial charge on any atom is -0.495 e. The number of ether oxygens (including phenoxy) is 2. The SMILES string of the molecule is COc1ccccc1NC(=O)N1CCC[C@H]1C(=O)NC[C@@H]1CCCO1. The first kappa shape index (κ1) is 17.5. The summed E-state index contributed by atoms with van der Waals surface area (Å²) in [5.41, 5.74) is 0.598. The van der Waals surface area contributed by atoms with Crippen molar-refractivity contribution in [2.75, 3.05) is 32.1 Å². The lowest BCUT2D eigenvalue weighted by Crippen LogP contribution is -2.48. The minimum absolute atomic E-state index is 0.0983. The summed E-state index contributed by atoms with van der Waals surface area (Å²) < 4.78 is 10.8. The van der Waals surface area contributed by atoms with Crippen LogP contribution < -0.4 is 15.4 Å². The molecule has 25 heavy (non-hydrogen) atoms. The van der Waals surface area contributed by atoms with Crippen molar-refractivity contribution in [3.05, 3.63) is 24.3 Å². The van der Waals surface area contributed by atoms with E-state index in [2.05, 4.69) is 10.6 Å². The number of urea groups is 1. The number of hydrogen-bond acceptors (Lipinski definition) is 4. The highest BCUT2D eigenvalue weighted by Crippen LogP contribution is 2.25. The second-order valence-electron chi connectivity index (χ2n) is 6.36. The zero-order chi connectivity index (χ0) is 17.6. The monoisotopic (exact) mass is 347 g/mol. The van der Waals surface area contributed by atoms with Gasteiger partial charge in [-0.05, 0) is 37.8 Å². The summed E-state index contributed by atoms with van der Waals surface area (Å²) >= 11 is 0. The van der Waals surface area contributed by atoms with Crippen molar-refractivity contribution < 1.29 is 19.1 Å². The fraction of sp³-hybridized carbons (Fsp3) is 0.556. The van der Waals surface area contributed by atoms with Crippen molar-refractivity contribution in [1.29, 1.82) is 0 Å². The van der Waals surface area contributed by atoms with Gasteiger partial charge in [-0.1, -0.05) is 12.1 Å². The van der Waals surface area contributed by atoms with Crippen molar-refractivity contribution in [2.45, 2.75) is 37.8 Å². The first-order chi connectivity index (χ1) is 12.2. The predicted octanol–water partition coefficient (Wildman–Crippen LogP) is 1.99. The van der Waals surface area contributed by atoms with E-state index in [-0.39, 0.29) is 18.0 Å². The number of likely N-dealkylation sites (tertiary alicyclic amines) is 1. The Morgan fingerprint density at radius 2 is 2.12 bits per heavy atom. The highest BCUT2D eigenvalue weighted by molar-refractivity contribution is 5.95. The Kier molecular flexibility index (Phi) is 5.75. The maximum Gasteiger partial charge on any atom is 0.322 e. The van der Waals surface area contributed by atoms with E-state index in [1.54, 1.807) is 24.1 Å². The number of hydrogen-bond donors (Lipinski definition) is 2. The summed E-state index contributed by atoms with van der Waals surface area (Å²) in [5, 5.41) is 5.77. The van der Waals surface area contributed by atoms with Crippen molar-refractivity contribution >= 4 is 17.6 Å². The van der Waals surface area contributed by atoms with Crippen LogP contribution in [0.25, 0.3) is 0 Å². The van der Waals surface area contributed by atoms with Crippen LogP contribution in [0.3, 0.4) is 0 Å². The van der Waals surface area contributed by atoms with Crippen molar-refractivity contribution in [3.63, 3.8) is 0 Å². The van der Waals surface area contributed by atoms with Crippen molar-refractivity contribution in [3.8, 4) is 5.75 Å². The van der Waals surface area contributed by atoms with Crippen molar-refractivity contribution in [2.24, 2.45) is 0 Å². The Hall–Kier alpha value is -2.28. The number of carbonyl (C=O) groups excluding carboxylic acids is 2. The van der Waals surface area contributed by atoms with Gasteiger partial charge in [0, 0.05) is 19.7 Å². The highest BCUT2D eigenvalue weighted by Gasteiger charge is 2.34. The van der Waals surface area contributed by atoms with Gasteiger partial charge in [-0.3, -0.25) is 4.79 Å². The first-order valence-corrected chi connectivity index (χ1v) is 8.79. The Bertz CT molecular complexity index is 616. The van der Waals surface area contributed by atoms with Crippen LogP contribution in [0.4, 0.5) is 10.5 Å². The Morgan fingerprint density at radius 1 is 1.28 bits per heavy atom. The molecule has 3 amide bonds. The predicted molar refractivity (Wildman–Crippen MR) is 93.7 cm³/mol. The van der Waals surface area contributed by atoms with Crippen LogP contribution >= 0.6 is 0 Å². The molecule has 1 aromatic rings. The quantitative estimate of drug-likeness (QED) is 0.854. The van der Waals surface area contributed by atoms with Gasteiger partial charge >= 0.3 is 6.03 Å². The zero-order valence-corrected chi connectivity index (χ0v) is 14.5. The number of amides is 3. The molecule has 0 spiro atoms. The molecule has 0 bridgehead atoms. The van der Waals surface area contributed by atoms with Gasteiger partial charge in [0.2, 0.25) is 5.91 Å². The van der Waals surface area contributed by atoms with Gasteiger partial charge in [-0.25, -0.2) is 4.79 Å². The maximum absolute atomic E-state index is 12.6. The van der Waals surface area contributed by atoms with E-state index in [0.29, 0.717) is 30.9 Å². The van der Waals surface area contributed by atoms with Crippen LogP contribution in [-0.2, 0) is 9.53 Å². The third-order valence-corrected chi connectivity index (χ3v) is 4.69. The van der Waals surface area contributed by atoms with Gasteiger partial charge in [0.05, 0.1) is 18.9 Å². The summed E-state index contributed by atoms with van der Waals surface area (Å²) in [6, 6.07) is 6.51. The smallest absolute Gasteiger partial charge is 0.322 e. The Balaban J connectivity index is 1.58. The molecule has 2 atom stereocenters. The second kappa shape index (κ2) is 8.20. The van der Waals surface area contributed by atoms with Crippen LogP contribution in [0.1, 0.15) is 25.7 Å². The first-order valence-electron chi connectivity index (χ1n) is 8.79. The molecule has 7 heteroatoms. The highest BCUT2D eigenvalue weighted by atomic mass is 16.5. The number of anilines is 1. The van der Waals surface area contributed by atoms with Gasteiger partial charge in [-0.15, -0.1) is 0 Å². The van der Waals surface area contributed by atoms with E-state index in [0.717, 1.165) is 25.9 Å². The lowest BCUT2D eigenvalue weighted by atomic mass is 10.2. The van der Waals surface area contributed by atoms with E-state index in [1.807, 2.05) is 12.1 Å². The summed E-state index contributed by atoms with van der Waals surface area (Å²) in [6.45, 7) is 1.84. The lowest BCUT2D eigenvalue weighted by Gasteiger charge is -2.25. The number of methoxy groups -OCH3 is 1. The molecular formula is C18H25N3O4. The fourth-order valence-corrected chi connectivity index (χ4v) is 3.35. The number of para-hydroxylation sites is 2. The van der Waals surface area contributed by atoms with E-state index in [9.17, 15) is 9.59 Å². The van der Waals surface area contributed by atoms with E-state index >= 15 is 0 Å². The van der Waals surface area contributed by atoms with E-state index in [4.69, 9.17) is 9.47 Å². The van der Waals surface area contributed by atoms with Gasteiger partial charge in [0.15, 0.2) is 0 Å². The molecule has 0 radical (unpaired) electrons. The second-order valence-corrected chi connectivity index (χ2v) is 6.36. The fourth-order valence-electron chi connectivity index (χ4n) is 3.35. The third-order valence-electron chi connectivity index (χ3n) is 4.69. The molecule has 0 unspecified atom stereocenters. The molecule has 7 nitrogen and oxygen atoms in total. The molecule has 2 fully saturated rings. The number of benzene rings is 1. The molecule has 2 saturated heterocycles. The van der Waals surface area contributed by atoms with Gasteiger partial charge in [0.25, 0.3) is 0 Å². The molecule has 2 N–H and O–H groups in total. The number of carbonyl (C=O) groups is 2. The molecule has 2 heterocycles. The average molecular weight is 347 g/mol. The molecular weight excluding hydrogens is 322 g/mol. The van der Waals surface area contributed by atoms with Crippen LogP contribution in [-0.4, -0.2) is 55.8 Å². The Morgan fingerprint density at radius 3 is 2.88 bits per heavy atom. The van der Waals surface area contributed by atoms with Crippen LogP contribution in [0.2, 0.25) is 0 Å². The van der Waals surface area contributed by atoms with Gasteiger partial charge in [-0.2, -0.15) is 0 Å². The molecule has 2 aliphatic rings. The summed E-state index contributed by atoms with van der Waals surface area (Å²) in [7, 11) is 1.56. The largest absolute Gasteiger partial charge is 0.495 e. The van der Waals surface area contributed by atoms with Crippen LogP contribution in [0.5, 0.6) is 5.75 Å². The molecule has 1 aromatic carbocycles. The number of nitrogens with one attached hydrogen (secondary N) is 2. The van der Waals surface area contributed by atoms with Crippen molar-refractivity contribution in [1.82, 2.24) is 10.2 Å². The number of rotatable bonds is 5. The molecule has 3 rings (SSSR count). The van der Waals surface area contributed by atoms with Crippen LogP contribution in [0, 0.1) is 0 Å². The molecule has 0 saturated carbocycles. The lowest BCUT2D eigenvalue weighted by molar-refractivity contribution is -0.125. The topological polar surface area (TPSA) is 79.9 Å². The van der Waals surface area contributed by atoms with E-state index in [1.165, 1.54) is 0 Å². The average Bonchev–Trinajstić information content (AvgIpc) is 3.31. The minimum atomic E-state index is -0.434. The summed E-state index contributed by atoms with van der Waals surface area (Å²) in [6.07, 6.45) is 3.61. The summed E-state index contributed by atoms with van der Waals surface area (Å²) in [4.78, 5) is 26.7. The standard InChI is InChI=1S/C18H25N3O4/c1-24-16-9-3-2-7-14(16)20-18(23)21-10-4-8-15(21)17(22)19-12-13-6-5-11-25-13/h2-3,7,9,13,15H,4-6,8,10-12H2,1H3,(H,19,22)(H,20,23)/t13-,15-/m0/s1. The molecule has 2 aliphatic heterocycles. The van der Waals surface area contributed by atoms with Crippen LogP contribution in [0.15, 0.2) is 24.3 Å².